The van der Waals surface area contributed by atoms with Gasteiger partial charge in [0.2, 0.25) is 0 Å². The monoisotopic (exact) mass is 405 g/mol. The van der Waals surface area contributed by atoms with Crippen LogP contribution in [-0.2, 0) is 16.0 Å². The molecule has 1 atom stereocenters. The number of nitrogens with zero attached hydrogens (tertiary/aromatic N) is 1. The van der Waals surface area contributed by atoms with Gasteiger partial charge in [-0.05, 0) is 57.6 Å². The van der Waals surface area contributed by atoms with Crippen molar-refractivity contribution < 1.29 is 9.53 Å². The molecule has 26 heavy (non-hydrogen) atoms. The fourth-order valence-corrected chi connectivity index (χ4v) is 3.28. The van der Waals surface area contributed by atoms with Crippen molar-refractivity contribution in [1.82, 2.24) is 15.5 Å². The van der Waals surface area contributed by atoms with Crippen LogP contribution in [-0.4, -0.2) is 57.2 Å². The average molecular weight is 406 g/mol. The molecule has 1 unspecified atom stereocenters. The first-order chi connectivity index (χ1) is 11.5. The summed E-state index contributed by atoms with van der Waals surface area (Å²) >= 11 is 0. The summed E-state index contributed by atoms with van der Waals surface area (Å²) in [7, 11) is 5.72. The number of carbonyl (C=O) groups is 1. The molecule has 0 saturated carbocycles. The van der Waals surface area contributed by atoms with Crippen molar-refractivity contribution in [2.75, 3.05) is 40.8 Å². The van der Waals surface area contributed by atoms with Crippen LogP contribution in [0.3, 0.4) is 0 Å². The minimum Gasteiger partial charge on any atom is -0.368 e. The molecule has 7 heteroatoms. The van der Waals surface area contributed by atoms with Crippen LogP contribution >= 0.6 is 24.8 Å². The van der Waals surface area contributed by atoms with Crippen molar-refractivity contribution in [3.05, 3.63) is 35.4 Å². The zero-order valence-corrected chi connectivity index (χ0v) is 17.8. The number of likely N-dealkylation sites (N-methyl/N-ethyl adjacent to an activating group) is 1. The fraction of sp³-hybridized carbons (Fsp3) is 0.632. The zero-order valence-electron chi connectivity index (χ0n) is 16.2. The van der Waals surface area contributed by atoms with Gasteiger partial charge >= 0.3 is 0 Å². The first-order valence-corrected chi connectivity index (χ1v) is 8.82. The molecule has 1 fully saturated rings. The van der Waals surface area contributed by atoms with Crippen molar-refractivity contribution in [2.45, 2.75) is 37.8 Å². The Hall–Kier alpha value is -0.850. The number of hydrogen-bond acceptors (Lipinski definition) is 4. The lowest BCUT2D eigenvalue weighted by atomic mass is 9.91. The first-order valence-electron chi connectivity index (χ1n) is 8.82. The van der Waals surface area contributed by atoms with Gasteiger partial charge in [0, 0.05) is 13.7 Å². The lowest BCUT2D eigenvalue weighted by molar-refractivity contribution is -0.146. The minimum atomic E-state index is -0.686. The zero-order chi connectivity index (χ0) is 17.6. The topological polar surface area (TPSA) is 53.6 Å². The smallest absolute Gasteiger partial charge is 0.252 e. The van der Waals surface area contributed by atoms with Crippen molar-refractivity contribution in [1.29, 1.82) is 0 Å². The van der Waals surface area contributed by atoms with E-state index in [-0.39, 0.29) is 36.8 Å². The molecule has 0 bridgehead atoms. The van der Waals surface area contributed by atoms with Crippen molar-refractivity contribution in [2.24, 2.45) is 0 Å². The Morgan fingerprint density at radius 2 is 1.81 bits per heavy atom. The van der Waals surface area contributed by atoms with Gasteiger partial charge < -0.3 is 20.3 Å². The third kappa shape index (κ3) is 6.10. The molecule has 2 rings (SSSR count). The standard InChI is InChI=1S/C19H31N3O2.2ClH/c1-5-15-6-8-16(9-7-15)17(22(2)3)14-21-18(23)19(24-4)10-12-20-13-11-19;;/h6-9,17,20H,5,10-14H2,1-4H3,(H,21,23);2*1H. The molecule has 1 amide bonds. The number of ether oxygens (including phenoxy) is 1. The predicted octanol–water partition coefficient (Wildman–Crippen LogP) is 2.58. The second-order valence-corrected chi connectivity index (χ2v) is 6.73. The molecule has 0 radical (unpaired) electrons. The molecule has 0 spiro atoms. The largest absolute Gasteiger partial charge is 0.368 e. The van der Waals surface area contributed by atoms with E-state index < -0.39 is 5.60 Å². The number of methoxy groups -OCH3 is 1. The number of rotatable bonds is 7. The Bertz CT molecular complexity index is 532. The van der Waals surface area contributed by atoms with Crippen LogP contribution in [0, 0.1) is 0 Å². The van der Waals surface area contributed by atoms with Gasteiger partial charge in [0.1, 0.15) is 5.60 Å². The summed E-state index contributed by atoms with van der Waals surface area (Å²) < 4.78 is 5.60. The highest BCUT2D eigenvalue weighted by Crippen LogP contribution is 2.24. The maximum absolute atomic E-state index is 12.7. The van der Waals surface area contributed by atoms with Crippen LogP contribution in [0.15, 0.2) is 24.3 Å². The lowest BCUT2D eigenvalue weighted by Gasteiger charge is -2.35. The summed E-state index contributed by atoms with van der Waals surface area (Å²) in [6.07, 6.45) is 2.47. The summed E-state index contributed by atoms with van der Waals surface area (Å²) in [4.78, 5) is 14.9. The molecule has 1 saturated heterocycles. The Morgan fingerprint density at radius 1 is 1.23 bits per heavy atom. The number of amides is 1. The highest BCUT2D eigenvalue weighted by molar-refractivity contribution is 5.86. The van der Waals surface area contributed by atoms with Gasteiger partial charge in [-0.15, -0.1) is 24.8 Å². The Labute approximate surface area is 170 Å². The molecule has 1 aromatic carbocycles. The van der Waals surface area contributed by atoms with E-state index >= 15 is 0 Å². The van der Waals surface area contributed by atoms with Crippen molar-refractivity contribution in [3.8, 4) is 0 Å². The number of hydrogen-bond donors (Lipinski definition) is 2. The van der Waals surface area contributed by atoms with Crippen molar-refractivity contribution >= 4 is 30.7 Å². The normalized spacial score (nSPS) is 17.0. The highest BCUT2D eigenvalue weighted by atomic mass is 35.5. The van der Waals surface area contributed by atoms with Crippen LogP contribution in [0.2, 0.25) is 0 Å². The number of nitrogens with one attached hydrogen (secondary N) is 2. The summed E-state index contributed by atoms with van der Waals surface area (Å²) in [6.45, 7) is 4.37. The van der Waals surface area contributed by atoms with E-state index in [1.807, 2.05) is 14.1 Å². The van der Waals surface area contributed by atoms with Crippen LogP contribution < -0.4 is 10.6 Å². The Kier molecular flexibility index (Phi) is 11.4. The molecule has 1 heterocycles. The van der Waals surface area contributed by atoms with Crippen LogP contribution in [0.4, 0.5) is 0 Å². The van der Waals surface area contributed by atoms with Crippen LogP contribution in [0.25, 0.3) is 0 Å². The Morgan fingerprint density at radius 3 is 2.27 bits per heavy atom. The molecule has 0 aromatic heterocycles. The number of benzene rings is 1. The minimum absolute atomic E-state index is 0. The summed E-state index contributed by atoms with van der Waals surface area (Å²) in [5.41, 5.74) is 1.86. The highest BCUT2D eigenvalue weighted by Gasteiger charge is 2.39. The maximum Gasteiger partial charge on any atom is 0.252 e. The van der Waals surface area contributed by atoms with Crippen molar-refractivity contribution in [3.63, 3.8) is 0 Å². The number of aryl methyl sites for hydroxylation is 1. The summed E-state index contributed by atoms with van der Waals surface area (Å²) in [6, 6.07) is 8.79. The third-order valence-corrected chi connectivity index (χ3v) is 5.07. The van der Waals surface area contributed by atoms with E-state index in [1.165, 1.54) is 11.1 Å². The second kappa shape index (κ2) is 11.8. The van der Waals surface area contributed by atoms with E-state index in [2.05, 4.69) is 46.7 Å². The summed E-state index contributed by atoms with van der Waals surface area (Å²) in [5, 5.41) is 6.40. The van der Waals surface area contributed by atoms with Crippen LogP contribution in [0.1, 0.15) is 36.9 Å². The number of halogens is 2. The molecule has 0 aliphatic carbocycles. The van der Waals surface area contributed by atoms with Gasteiger partial charge in [0.05, 0.1) is 6.04 Å². The predicted molar refractivity (Wildman–Crippen MR) is 112 cm³/mol. The first kappa shape index (κ1) is 25.1. The van der Waals surface area contributed by atoms with Crippen LogP contribution in [0.5, 0.6) is 0 Å². The molecule has 1 aliphatic rings. The van der Waals surface area contributed by atoms with Gasteiger partial charge in [0.15, 0.2) is 0 Å². The molecule has 2 N–H and O–H groups in total. The summed E-state index contributed by atoms with van der Waals surface area (Å²) in [5.74, 6) is 0.00327. The molecular formula is C19H33Cl2N3O2. The van der Waals surface area contributed by atoms with Gasteiger partial charge in [-0.2, -0.15) is 0 Å². The Balaban J connectivity index is 0.00000312. The van der Waals surface area contributed by atoms with Gasteiger partial charge in [-0.25, -0.2) is 0 Å². The molecule has 1 aromatic rings. The molecule has 150 valence electrons. The SMILES string of the molecule is CCc1ccc(C(CNC(=O)C2(OC)CCNCC2)N(C)C)cc1.Cl.Cl. The quantitative estimate of drug-likeness (QED) is 0.731. The van der Waals surface area contributed by atoms with E-state index in [4.69, 9.17) is 4.74 Å². The number of carbonyl (C=O) groups excluding carboxylic acids is 1. The molecular weight excluding hydrogens is 373 g/mol. The van der Waals surface area contributed by atoms with Gasteiger partial charge in [0.25, 0.3) is 5.91 Å². The van der Waals surface area contributed by atoms with E-state index in [0.29, 0.717) is 19.4 Å². The van der Waals surface area contributed by atoms with E-state index in [0.717, 1.165) is 19.5 Å². The number of piperidine rings is 1. The van der Waals surface area contributed by atoms with E-state index in [9.17, 15) is 4.79 Å². The molecule has 5 nitrogen and oxygen atoms in total. The maximum atomic E-state index is 12.7. The molecule has 1 aliphatic heterocycles. The third-order valence-electron chi connectivity index (χ3n) is 5.07. The average Bonchev–Trinajstić information content (AvgIpc) is 2.62. The van der Waals surface area contributed by atoms with Gasteiger partial charge in [-0.1, -0.05) is 31.2 Å². The van der Waals surface area contributed by atoms with E-state index in [1.54, 1.807) is 7.11 Å². The second-order valence-electron chi connectivity index (χ2n) is 6.73. The fourth-order valence-electron chi connectivity index (χ4n) is 3.28. The lowest BCUT2D eigenvalue weighted by Crippen LogP contribution is -2.55. The van der Waals surface area contributed by atoms with Gasteiger partial charge in [-0.3, -0.25) is 4.79 Å².